The molecule has 2 aromatic rings. The second-order valence-corrected chi connectivity index (χ2v) is 5.82. The molecule has 1 fully saturated rings. The maximum absolute atomic E-state index is 12.1. The molecule has 1 aromatic carbocycles. The predicted octanol–water partition coefficient (Wildman–Crippen LogP) is 1.16. The van der Waals surface area contributed by atoms with Crippen LogP contribution in [0.15, 0.2) is 47.3 Å². The van der Waals surface area contributed by atoms with E-state index in [1.165, 1.54) is 17.7 Å². The maximum atomic E-state index is 12.1. The second-order valence-electron chi connectivity index (χ2n) is 5.82. The molecule has 0 spiro atoms. The zero-order valence-corrected chi connectivity index (χ0v) is 12.9. The van der Waals surface area contributed by atoms with Crippen molar-refractivity contribution in [1.82, 2.24) is 20.4 Å². The first kappa shape index (κ1) is 15.4. The number of piperidine rings is 1. The molecule has 2 heterocycles. The summed E-state index contributed by atoms with van der Waals surface area (Å²) in [5, 5.41) is 9.02. The van der Waals surface area contributed by atoms with E-state index in [0.29, 0.717) is 0 Å². The first-order chi connectivity index (χ1) is 11.2. The fourth-order valence-corrected chi connectivity index (χ4v) is 2.81. The van der Waals surface area contributed by atoms with Crippen molar-refractivity contribution in [2.24, 2.45) is 0 Å². The van der Waals surface area contributed by atoms with Crippen molar-refractivity contribution in [3.05, 3.63) is 64.1 Å². The monoisotopic (exact) mass is 312 g/mol. The second kappa shape index (κ2) is 7.19. The Labute approximate surface area is 134 Å². The zero-order chi connectivity index (χ0) is 16.1. The number of benzene rings is 1. The van der Waals surface area contributed by atoms with Gasteiger partial charge in [0.2, 0.25) is 0 Å². The minimum absolute atomic E-state index is 0.156. The van der Waals surface area contributed by atoms with Gasteiger partial charge in [0.25, 0.3) is 11.5 Å². The molecular weight excluding hydrogens is 292 g/mol. The van der Waals surface area contributed by atoms with Crippen molar-refractivity contribution >= 4 is 5.91 Å². The van der Waals surface area contributed by atoms with Crippen LogP contribution >= 0.6 is 0 Å². The van der Waals surface area contributed by atoms with Crippen LogP contribution in [0.25, 0.3) is 0 Å². The summed E-state index contributed by atoms with van der Waals surface area (Å²) < 4.78 is 0. The lowest BCUT2D eigenvalue weighted by Gasteiger charge is -2.32. The van der Waals surface area contributed by atoms with Gasteiger partial charge in [0.1, 0.15) is 5.69 Å². The Morgan fingerprint density at radius 1 is 1.17 bits per heavy atom. The van der Waals surface area contributed by atoms with Crippen molar-refractivity contribution in [3.8, 4) is 0 Å². The first-order valence-corrected chi connectivity index (χ1v) is 7.83. The van der Waals surface area contributed by atoms with Crippen molar-refractivity contribution in [2.45, 2.75) is 25.4 Å². The van der Waals surface area contributed by atoms with Gasteiger partial charge < -0.3 is 5.32 Å². The van der Waals surface area contributed by atoms with Crippen molar-refractivity contribution < 1.29 is 4.79 Å². The van der Waals surface area contributed by atoms with Crippen LogP contribution in [0.2, 0.25) is 0 Å². The molecule has 1 aliphatic heterocycles. The Balaban J connectivity index is 1.48. The van der Waals surface area contributed by atoms with E-state index in [1.807, 2.05) is 6.07 Å². The van der Waals surface area contributed by atoms with Gasteiger partial charge in [0.05, 0.1) is 0 Å². The van der Waals surface area contributed by atoms with Gasteiger partial charge in [-0.2, -0.15) is 5.10 Å². The summed E-state index contributed by atoms with van der Waals surface area (Å²) in [5.74, 6) is -0.234. The molecule has 0 radical (unpaired) electrons. The summed E-state index contributed by atoms with van der Waals surface area (Å²) in [6.45, 7) is 2.86. The average molecular weight is 312 g/mol. The van der Waals surface area contributed by atoms with Crippen LogP contribution < -0.4 is 10.9 Å². The van der Waals surface area contributed by atoms with Crippen LogP contribution in [0.1, 0.15) is 28.9 Å². The molecule has 0 bridgehead atoms. The zero-order valence-electron chi connectivity index (χ0n) is 12.9. The summed E-state index contributed by atoms with van der Waals surface area (Å²) in [6, 6.07) is 13.3. The molecular formula is C17H20N4O2. The molecule has 120 valence electrons. The lowest BCUT2D eigenvalue weighted by molar-refractivity contribution is 0.0902. The molecule has 0 aliphatic carbocycles. The minimum atomic E-state index is -0.309. The maximum Gasteiger partial charge on any atom is 0.271 e. The quantitative estimate of drug-likeness (QED) is 0.888. The smallest absolute Gasteiger partial charge is 0.271 e. The van der Waals surface area contributed by atoms with Crippen LogP contribution in [0.4, 0.5) is 0 Å². The molecule has 0 atom stereocenters. The SMILES string of the molecule is O=C(NC1CCN(Cc2ccccc2)CC1)c1ccc(=O)[nH]n1. The van der Waals surface area contributed by atoms with Crippen LogP contribution in [0, 0.1) is 0 Å². The van der Waals surface area contributed by atoms with E-state index in [4.69, 9.17) is 0 Å². The molecule has 2 N–H and O–H groups in total. The largest absolute Gasteiger partial charge is 0.348 e. The standard InChI is InChI=1S/C17H20N4O2/c22-16-7-6-15(19-20-16)17(23)18-14-8-10-21(11-9-14)12-13-4-2-1-3-5-13/h1-7,14H,8-12H2,(H,18,23)(H,20,22). The molecule has 1 aromatic heterocycles. The number of aromatic nitrogens is 2. The van der Waals surface area contributed by atoms with Gasteiger partial charge in [-0.05, 0) is 24.5 Å². The highest BCUT2D eigenvalue weighted by atomic mass is 16.2. The van der Waals surface area contributed by atoms with Crippen LogP contribution in [0.3, 0.4) is 0 Å². The lowest BCUT2D eigenvalue weighted by atomic mass is 10.0. The molecule has 1 saturated heterocycles. The van der Waals surface area contributed by atoms with Gasteiger partial charge in [-0.15, -0.1) is 0 Å². The number of aromatic amines is 1. The van der Waals surface area contributed by atoms with E-state index >= 15 is 0 Å². The highest BCUT2D eigenvalue weighted by Gasteiger charge is 2.21. The third-order valence-corrected chi connectivity index (χ3v) is 4.08. The fourth-order valence-electron chi connectivity index (χ4n) is 2.81. The van der Waals surface area contributed by atoms with Gasteiger partial charge in [0, 0.05) is 31.7 Å². The van der Waals surface area contributed by atoms with Gasteiger partial charge in [-0.3, -0.25) is 14.5 Å². The molecule has 1 aliphatic rings. The summed E-state index contributed by atoms with van der Waals surface area (Å²) in [4.78, 5) is 25.5. The van der Waals surface area contributed by atoms with Crippen molar-refractivity contribution in [3.63, 3.8) is 0 Å². The fraction of sp³-hybridized carbons (Fsp3) is 0.353. The number of amides is 1. The number of carbonyl (C=O) groups excluding carboxylic acids is 1. The molecule has 0 unspecified atom stereocenters. The minimum Gasteiger partial charge on any atom is -0.348 e. The third kappa shape index (κ3) is 4.26. The summed E-state index contributed by atoms with van der Waals surface area (Å²) in [6.07, 6.45) is 1.84. The molecule has 23 heavy (non-hydrogen) atoms. The highest BCUT2D eigenvalue weighted by molar-refractivity contribution is 5.92. The Hall–Kier alpha value is -2.47. The molecule has 1 amide bonds. The van der Waals surface area contributed by atoms with E-state index in [0.717, 1.165) is 32.5 Å². The van der Waals surface area contributed by atoms with E-state index in [1.54, 1.807) is 0 Å². The number of rotatable bonds is 4. The van der Waals surface area contributed by atoms with Crippen LogP contribution in [-0.2, 0) is 6.54 Å². The number of hydrogen-bond donors (Lipinski definition) is 2. The number of H-pyrrole nitrogens is 1. The normalized spacial score (nSPS) is 16.2. The highest BCUT2D eigenvalue weighted by Crippen LogP contribution is 2.14. The average Bonchev–Trinajstić information content (AvgIpc) is 2.58. The van der Waals surface area contributed by atoms with Crippen molar-refractivity contribution in [2.75, 3.05) is 13.1 Å². The van der Waals surface area contributed by atoms with Gasteiger partial charge >= 0.3 is 0 Å². The number of likely N-dealkylation sites (tertiary alicyclic amines) is 1. The molecule has 6 nitrogen and oxygen atoms in total. The summed E-state index contributed by atoms with van der Waals surface area (Å²) >= 11 is 0. The number of carbonyl (C=O) groups is 1. The topological polar surface area (TPSA) is 78.1 Å². The molecule has 6 heteroatoms. The lowest BCUT2D eigenvalue weighted by Crippen LogP contribution is -2.44. The Morgan fingerprint density at radius 3 is 2.57 bits per heavy atom. The third-order valence-electron chi connectivity index (χ3n) is 4.08. The Kier molecular flexibility index (Phi) is 4.83. The van der Waals surface area contributed by atoms with Crippen molar-refractivity contribution in [1.29, 1.82) is 0 Å². The summed E-state index contributed by atoms with van der Waals surface area (Å²) in [7, 11) is 0. The van der Waals surface area contributed by atoms with Gasteiger partial charge in [-0.25, -0.2) is 5.10 Å². The van der Waals surface area contributed by atoms with Gasteiger partial charge in [0.15, 0.2) is 0 Å². The molecule has 3 rings (SSSR count). The Bertz CT molecular complexity index is 686. The number of nitrogens with one attached hydrogen (secondary N) is 2. The first-order valence-electron chi connectivity index (χ1n) is 7.83. The van der Waals surface area contributed by atoms with E-state index in [-0.39, 0.29) is 23.2 Å². The van der Waals surface area contributed by atoms with Gasteiger partial charge in [-0.1, -0.05) is 30.3 Å². The van der Waals surface area contributed by atoms with Crippen LogP contribution in [0.5, 0.6) is 0 Å². The number of nitrogens with zero attached hydrogens (tertiary/aromatic N) is 2. The van der Waals surface area contributed by atoms with E-state index in [9.17, 15) is 9.59 Å². The van der Waals surface area contributed by atoms with E-state index < -0.39 is 0 Å². The molecule has 0 saturated carbocycles. The number of hydrogen-bond acceptors (Lipinski definition) is 4. The van der Waals surface area contributed by atoms with Crippen LogP contribution in [-0.4, -0.2) is 40.1 Å². The summed E-state index contributed by atoms with van der Waals surface area (Å²) in [5.41, 5.74) is 1.25. The predicted molar refractivity (Wildman–Crippen MR) is 87.1 cm³/mol. The Morgan fingerprint density at radius 2 is 1.91 bits per heavy atom. The van der Waals surface area contributed by atoms with E-state index in [2.05, 4.69) is 44.7 Å².